The fraction of sp³-hybridized carbons (Fsp3) is 0.429. The quantitative estimate of drug-likeness (QED) is 0.742. The molecule has 20 heavy (non-hydrogen) atoms. The Kier molecular flexibility index (Phi) is 4.95. The summed E-state index contributed by atoms with van der Waals surface area (Å²) in [5, 5.41) is 14.6. The molecule has 0 aromatic heterocycles. The molecule has 0 bridgehead atoms. The maximum Gasteiger partial charge on any atom is 0.407 e. The van der Waals surface area contributed by atoms with Gasteiger partial charge in [0.15, 0.2) is 0 Å². The number of hydrogen-bond acceptors (Lipinski definition) is 4. The van der Waals surface area contributed by atoms with Crippen LogP contribution in [0.3, 0.4) is 0 Å². The number of nitrogens with one attached hydrogen (secondary N) is 2. The van der Waals surface area contributed by atoms with E-state index in [0.717, 1.165) is 5.56 Å². The van der Waals surface area contributed by atoms with Crippen molar-refractivity contribution in [1.29, 1.82) is 0 Å². The monoisotopic (exact) mass is 278 g/mol. The topological polar surface area (TPSA) is 87.7 Å². The van der Waals surface area contributed by atoms with E-state index in [4.69, 9.17) is 9.84 Å². The highest BCUT2D eigenvalue weighted by Gasteiger charge is 2.32. The van der Waals surface area contributed by atoms with Crippen LogP contribution in [0.25, 0.3) is 0 Å². The normalized spacial score (nSPS) is 21.4. The van der Waals surface area contributed by atoms with E-state index in [1.165, 1.54) is 0 Å². The highest BCUT2D eigenvalue weighted by atomic mass is 16.5. The number of carbonyl (C=O) groups excluding carboxylic acids is 1. The predicted octanol–water partition coefficient (Wildman–Crippen LogP) is 0.833. The van der Waals surface area contributed by atoms with Crippen LogP contribution >= 0.6 is 0 Å². The summed E-state index contributed by atoms with van der Waals surface area (Å²) < 4.78 is 5.07. The Morgan fingerprint density at radius 1 is 1.30 bits per heavy atom. The first-order valence-corrected chi connectivity index (χ1v) is 6.55. The number of aliphatic carboxylic acids is 1. The van der Waals surface area contributed by atoms with Gasteiger partial charge in [-0.3, -0.25) is 4.79 Å². The molecule has 1 saturated heterocycles. The molecule has 1 aromatic rings. The van der Waals surface area contributed by atoms with E-state index < -0.39 is 18.0 Å². The molecule has 108 valence electrons. The summed E-state index contributed by atoms with van der Waals surface area (Å²) in [5.74, 6) is -1.39. The summed E-state index contributed by atoms with van der Waals surface area (Å²) >= 11 is 0. The maximum absolute atomic E-state index is 11.5. The molecule has 0 aliphatic carbocycles. The number of carboxylic acids is 1. The zero-order valence-electron chi connectivity index (χ0n) is 11.0. The van der Waals surface area contributed by atoms with Gasteiger partial charge in [-0.2, -0.15) is 0 Å². The van der Waals surface area contributed by atoms with Crippen LogP contribution in [0, 0.1) is 11.8 Å². The number of hydrogen-bond donors (Lipinski definition) is 3. The average molecular weight is 278 g/mol. The van der Waals surface area contributed by atoms with E-state index in [1.807, 2.05) is 30.3 Å². The largest absolute Gasteiger partial charge is 0.481 e. The van der Waals surface area contributed by atoms with Crippen molar-refractivity contribution in [2.75, 3.05) is 19.6 Å². The first-order chi connectivity index (χ1) is 9.66. The van der Waals surface area contributed by atoms with E-state index >= 15 is 0 Å². The van der Waals surface area contributed by atoms with Crippen LogP contribution in [0.1, 0.15) is 5.56 Å². The van der Waals surface area contributed by atoms with Crippen LogP contribution in [-0.2, 0) is 16.1 Å². The number of benzene rings is 1. The molecule has 2 unspecified atom stereocenters. The summed E-state index contributed by atoms with van der Waals surface area (Å²) in [6, 6.07) is 9.38. The molecule has 6 nitrogen and oxygen atoms in total. The predicted molar refractivity (Wildman–Crippen MR) is 72.1 cm³/mol. The minimum atomic E-state index is -0.834. The first kappa shape index (κ1) is 14.3. The summed E-state index contributed by atoms with van der Waals surface area (Å²) in [6.45, 7) is 1.55. The standard InChI is InChI=1S/C14H18N2O4/c17-13(18)12-8-15-6-11(12)7-16-14(19)20-9-10-4-2-1-3-5-10/h1-5,11-12,15H,6-9H2,(H,16,19)(H,17,18). The fourth-order valence-corrected chi connectivity index (χ4v) is 2.23. The number of carbonyl (C=O) groups is 2. The van der Waals surface area contributed by atoms with Gasteiger partial charge < -0.3 is 20.5 Å². The Morgan fingerprint density at radius 2 is 2.05 bits per heavy atom. The molecule has 1 aliphatic heterocycles. The number of carboxylic acid groups (broad SMARTS) is 1. The molecule has 2 rings (SSSR count). The molecule has 1 aliphatic rings. The van der Waals surface area contributed by atoms with Gasteiger partial charge in [-0.25, -0.2) is 4.79 Å². The highest BCUT2D eigenvalue weighted by molar-refractivity contribution is 5.71. The van der Waals surface area contributed by atoms with Crippen molar-refractivity contribution in [3.05, 3.63) is 35.9 Å². The highest BCUT2D eigenvalue weighted by Crippen LogP contribution is 2.16. The van der Waals surface area contributed by atoms with Crippen molar-refractivity contribution in [3.8, 4) is 0 Å². The zero-order valence-corrected chi connectivity index (χ0v) is 11.0. The van der Waals surface area contributed by atoms with Gasteiger partial charge in [0.1, 0.15) is 6.61 Å². The lowest BCUT2D eigenvalue weighted by molar-refractivity contribution is -0.142. The van der Waals surface area contributed by atoms with E-state index in [9.17, 15) is 9.59 Å². The second-order valence-corrected chi connectivity index (χ2v) is 4.81. The minimum absolute atomic E-state index is 0.100. The third-order valence-electron chi connectivity index (χ3n) is 3.38. The second-order valence-electron chi connectivity index (χ2n) is 4.81. The van der Waals surface area contributed by atoms with Crippen LogP contribution in [0.5, 0.6) is 0 Å². The molecule has 3 N–H and O–H groups in total. The first-order valence-electron chi connectivity index (χ1n) is 6.55. The summed E-state index contributed by atoms with van der Waals surface area (Å²) in [5.41, 5.74) is 0.911. The summed E-state index contributed by atoms with van der Waals surface area (Å²) in [6.07, 6.45) is -0.523. The van der Waals surface area contributed by atoms with Gasteiger partial charge in [-0.1, -0.05) is 30.3 Å². The van der Waals surface area contributed by atoms with Crippen molar-refractivity contribution in [2.24, 2.45) is 11.8 Å². The second kappa shape index (κ2) is 6.91. The van der Waals surface area contributed by atoms with Gasteiger partial charge in [0.2, 0.25) is 0 Å². The lowest BCUT2D eigenvalue weighted by atomic mass is 9.96. The molecule has 0 spiro atoms. The van der Waals surface area contributed by atoms with Crippen LogP contribution in [0.15, 0.2) is 30.3 Å². The number of ether oxygens (including phenoxy) is 1. The molecule has 1 fully saturated rings. The SMILES string of the molecule is O=C(NCC1CNCC1C(=O)O)OCc1ccccc1. The van der Waals surface area contributed by atoms with Crippen LogP contribution in [0.2, 0.25) is 0 Å². The Hall–Kier alpha value is -2.08. The third kappa shape index (κ3) is 3.96. The van der Waals surface area contributed by atoms with Gasteiger partial charge in [0, 0.05) is 25.6 Å². The lowest BCUT2D eigenvalue weighted by Crippen LogP contribution is -2.35. The number of alkyl carbamates (subject to hydrolysis) is 1. The number of rotatable bonds is 5. The number of amides is 1. The van der Waals surface area contributed by atoms with Crippen molar-refractivity contribution >= 4 is 12.1 Å². The Labute approximate surface area is 117 Å². The van der Waals surface area contributed by atoms with E-state index in [1.54, 1.807) is 0 Å². The van der Waals surface area contributed by atoms with Crippen molar-refractivity contribution in [2.45, 2.75) is 6.61 Å². The lowest BCUT2D eigenvalue weighted by Gasteiger charge is -2.15. The summed E-state index contributed by atoms with van der Waals surface area (Å²) in [7, 11) is 0. The van der Waals surface area contributed by atoms with Crippen molar-refractivity contribution < 1.29 is 19.4 Å². The van der Waals surface area contributed by atoms with Crippen LogP contribution in [0.4, 0.5) is 4.79 Å². The van der Waals surface area contributed by atoms with Gasteiger partial charge in [0.25, 0.3) is 0 Å². The smallest absolute Gasteiger partial charge is 0.407 e. The molecule has 0 radical (unpaired) electrons. The molecular formula is C14H18N2O4. The molecule has 6 heteroatoms. The molecule has 1 heterocycles. The van der Waals surface area contributed by atoms with Gasteiger partial charge in [0.05, 0.1) is 5.92 Å². The zero-order chi connectivity index (χ0) is 14.4. The van der Waals surface area contributed by atoms with E-state index in [2.05, 4.69) is 10.6 Å². The molecule has 1 amide bonds. The Morgan fingerprint density at radius 3 is 2.75 bits per heavy atom. The Bertz CT molecular complexity index is 464. The third-order valence-corrected chi connectivity index (χ3v) is 3.38. The van der Waals surface area contributed by atoms with Crippen LogP contribution < -0.4 is 10.6 Å². The average Bonchev–Trinajstić information content (AvgIpc) is 2.92. The molecule has 2 atom stereocenters. The van der Waals surface area contributed by atoms with E-state index in [-0.39, 0.29) is 12.5 Å². The maximum atomic E-state index is 11.5. The Balaban J connectivity index is 1.71. The molecule has 0 saturated carbocycles. The van der Waals surface area contributed by atoms with Gasteiger partial charge in [-0.05, 0) is 5.56 Å². The van der Waals surface area contributed by atoms with Gasteiger partial charge in [-0.15, -0.1) is 0 Å². The van der Waals surface area contributed by atoms with Crippen molar-refractivity contribution in [3.63, 3.8) is 0 Å². The minimum Gasteiger partial charge on any atom is -0.481 e. The summed E-state index contributed by atoms with van der Waals surface area (Å²) in [4.78, 5) is 22.5. The van der Waals surface area contributed by atoms with Crippen molar-refractivity contribution in [1.82, 2.24) is 10.6 Å². The fourth-order valence-electron chi connectivity index (χ4n) is 2.23. The van der Waals surface area contributed by atoms with Crippen LogP contribution in [-0.4, -0.2) is 36.8 Å². The molecule has 1 aromatic carbocycles. The molecular weight excluding hydrogens is 260 g/mol. The van der Waals surface area contributed by atoms with E-state index in [0.29, 0.717) is 19.6 Å². The van der Waals surface area contributed by atoms with Gasteiger partial charge >= 0.3 is 12.1 Å².